The third kappa shape index (κ3) is 7.62. The Morgan fingerprint density at radius 1 is 0.880 bits per heavy atom. The second-order valence-corrected chi connectivity index (χ2v) is 7.08. The lowest BCUT2D eigenvalue weighted by molar-refractivity contribution is -0.121. The first-order valence-electron chi connectivity index (χ1n) is 7.66. The van der Waals surface area contributed by atoms with Gasteiger partial charge in [0.2, 0.25) is 11.8 Å². The van der Waals surface area contributed by atoms with Crippen LogP contribution >= 0.6 is 31.9 Å². The van der Waals surface area contributed by atoms with Crippen LogP contribution in [0.2, 0.25) is 0 Å². The molecule has 0 aromatic heterocycles. The summed E-state index contributed by atoms with van der Waals surface area (Å²) in [6.07, 6.45) is 2.55. The van der Waals surface area contributed by atoms with Crippen molar-refractivity contribution < 1.29 is 9.59 Å². The Balaban J connectivity index is 1.65. The summed E-state index contributed by atoms with van der Waals surface area (Å²) in [5.41, 5.74) is 4.08. The number of amides is 2. The maximum atomic E-state index is 11.8. The van der Waals surface area contributed by atoms with Gasteiger partial charge >= 0.3 is 0 Å². The van der Waals surface area contributed by atoms with E-state index < -0.39 is 0 Å². The number of nitrogens with one attached hydrogen (secondary N) is 2. The van der Waals surface area contributed by atoms with Crippen molar-refractivity contribution in [1.29, 1.82) is 0 Å². The molecule has 0 heterocycles. The van der Waals surface area contributed by atoms with Crippen LogP contribution in [0.3, 0.4) is 0 Å². The van der Waals surface area contributed by atoms with Crippen LogP contribution in [0.1, 0.15) is 24.8 Å². The number of benzene rings is 2. The normalized spacial score (nSPS) is 10.6. The van der Waals surface area contributed by atoms with Gasteiger partial charge in [-0.1, -0.05) is 44.0 Å². The summed E-state index contributed by atoms with van der Waals surface area (Å²) >= 11 is 6.69. The minimum absolute atomic E-state index is 0.117. The number of halogens is 2. The first kappa shape index (κ1) is 19.3. The van der Waals surface area contributed by atoms with Gasteiger partial charge in [-0.15, -0.1) is 0 Å². The molecule has 2 N–H and O–H groups in total. The molecule has 2 aromatic carbocycles. The van der Waals surface area contributed by atoms with Crippen LogP contribution in [0.4, 0.5) is 5.69 Å². The predicted octanol–water partition coefficient (Wildman–Crippen LogP) is 4.47. The molecule has 0 spiro atoms. The van der Waals surface area contributed by atoms with Gasteiger partial charge in [-0.3, -0.25) is 9.59 Å². The molecule has 2 rings (SSSR count). The van der Waals surface area contributed by atoms with Gasteiger partial charge < -0.3 is 5.32 Å². The second kappa shape index (κ2) is 10.1. The number of carbonyl (C=O) groups is 2. The van der Waals surface area contributed by atoms with Crippen molar-refractivity contribution in [1.82, 2.24) is 5.43 Å². The fourth-order valence-electron chi connectivity index (χ4n) is 1.95. The summed E-state index contributed by atoms with van der Waals surface area (Å²) in [6.45, 7) is 0. The van der Waals surface area contributed by atoms with Crippen molar-refractivity contribution in [3.05, 3.63) is 63.0 Å². The van der Waals surface area contributed by atoms with E-state index in [2.05, 4.69) is 47.7 Å². The summed E-state index contributed by atoms with van der Waals surface area (Å²) in [5.74, 6) is -0.335. The zero-order chi connectivity index (χ0) is 18.1. The molecule has 0 unspecified atom stereocenters. The molecule has 0 aliphatic heterocycles. The van der Waals surface area contributed by atoms with Gasteiger partial charge in [0, 0.05) is 27.5 Å². The Labute approximate surface area is 163 Å². The van der Waals surface area contributed by atoms with Crippen LogP contribution in [0, 0.1) is 0 Å². The van der Waals surface area contributed by atoms with E-state index in [0.29, 0.717) is 6.42 Å². The van der Waals surface area contributed by atoms with Crippen molar-refractivity contribution in [3.63, 3.8) is 0 Å². The van der Waals surface area contributed by atoms with Crippen molar-refractivity contribution in [2.24, 2.45) is 5.10 Å². The van der Waals surface area contributed by atoms with Crippen molar-refractivity contribution in [2.75, 3.05) is 5.32 Å². The molecule has 2 amide bonds. The highest BCUT2D eigenvalue weighted by atomic mass is 79.9. The van der Waals surface area contributed by atoms with Crippen LogP contribution in [0.15, 0.2) is 62.6 Å². The summed E-state index contributed by atoms with van der Waals surface area (Å²) in [7, 11) is 0. The summed E-state index contributed by atoms with van der Waals surface area (Å²) < 4.78 is 1.93. The summed E-state index contributed by atoms with van der Waals surface area (Å²) in [4.78, 5) is 23.5. The van der Waals surface area contributed by atoms with Crippen LogP contribution < -0.4 is 10.7 Å². The second-order valence-electron chi connectivity index (χ2n) is 5.25. The number of carbonyl (C=O) groups excluding carboxylic acids is 2. The number of hydrogen-bond acceptors (Lipinski definition) is 3. The molecule has 0 radical (unpaired) electrons. The fraction of sp³-hybridized carbons (Fsp3) is 0.167. The van der Waals surface area contributed by atoms with Crippen molar-refractivity contribution in [2.45, 2.75) is 19.3 Å². The molecule has 0 bridgehead atoms. The molecule has 0 aliphatic carbocycles. The number of nitrogens with zero attached hydrogens (tertiary/aromatic N) is 1. The first-order valence-corrected chi connectivity index (χ1v) is 9.24. The van der Waals surface area contributed by atoms with Crippen molar-refractivity contribution >= 4 is 55.6 Å². The molecule has 0 saturated carbocycles. The Morgan fingerprint density at radius 3 is 2.08 bits per heavy atom. The molecule has 130 valence electrons. The fourth-order valence-corrected chi connectivity index (χ4v) is 2.48. The molecular formula is C18H17Br2N3O2. The first-order chi connectivity index (χ1) is 12.0. The molecule has 7 heteroatoms. The predicted molar refractivity (Wildman–Crippen MR) is 107 cm³/mol. The van der Waals surface area contributed by atoms with Gasteiger partial charge in [0.25, 0.3) is 0 Å². The minimum Gasteiger partial charge on any atom is -0.326 e. The van der Waals surface area contributed by atoms with E-state index in [1.807, 2.05) is 48.5 Å². The number of rotatable bonds is 7. The number of hydrazone groups is 1. The zero-order valence-electron chi connectivity index (χ0n) is 13.3. The van der Waals surface area contributed by atoms with Gasteiger partial charge in [-0.2, -0.15) is 5.10 Å². The van der Waals surface area contributed by atoms with Crippen LogP contribution in [0.5, 0.6) is 0 Å². The average Bonchev–Trinajstić information content (AvgIpc) is 2.59. The topological polar surface area (TPSA) is 70.6 Å². The quantitative estimate of drug-likeness (QED) is 0.466. The van der Waals surface area contributed by atoms with Crippen LogP contribution in [0.25, 0.3) is 0 Å². The molecule has 2 aromatic rings. The third-order valence-corrected chi connectivity index (χ3v) is 4.27. The maximum Gasteiger partial charge on any atom is 0.240 e. The summed E-state index contributed by atoms with van der Waals surface area (Å²) in [5, 5.41) is 6.69. The highest BCUT2D eigenvalue weighted by molar-refractivity contribution is 9.10. The Hall–Kier alpha value is -1.99. The molecule has 25 heavy (non-hydrogen) atoms. The average molecular weight is 467 g/mol. The van der Waals surface area contributed by atoms with Gasteiger partial charge in [-0.05, 0) is 48.4 Å². The molecule has 0 fully saturated rings. The summed E-state index contributed by atoms with van der Waals surface area (Å²) in [6, 6.07) is 14.9. The molecule has 0 saturated heterocycles. The van der Waals surface area contributed by atoms with Crippen LogP contribution in [-0.4, -0.2) is 18.0 Å². The lowest BCUT2D eigenvalue weighted by Crippen LogP contribution is -2.18. The Bertz CT molecular complexity index is 744. The minimum atomic E-state index is -0.218. The van der Waals surface area contributed by atoms with Gasteiger partial charge in [0.1, 0.15) is 0 Å². The highest BCUT2D eigenvalue weighted by Gasteiger charge is 2.05. The van der Waals surface area contributed by atoms with Gasteiger partial charge in [0.05, 0.1) is 6.21 Å². The van der Waals surface area contributed by atoms with Gasteiger partial charge in [-0.25, -0.2) is 5.43 Å². The lowest BCUT2D eigenvalue weighted by Gasteiger charge is -2.05. The van der Waals surface area contributed by atoms with E-state index in [-0.39, 0.29) is 24.7 Å². The zero-order valence-corrected chi connectivity index (χ0v) is 16.5. The Kier molecular flexibility index (Phi) is 7.81. The van der Waals surface area contributed by atoms with Gasteiger partial charge in [0.15, 0.2) is 0 Å². The molecule has 5 nitrogen and oxygen atoms in total. The Morgan fingerprint density at radius 2 is 1.44 bits per heavy atom. The van der Waals surface area contributed by atoms with Crippen molar-refractivity contribution in [3.8, 4) is 0 Å². The van der Waals surface area contributed by atoms with E-state index in [4.69, 9.17) is 0 Å². The monoisotopic (exact) mass is 465 g/mol. The third-order valence-electron chi connectivity index (χ3n) is 3.21. The maximum absolute atomic E-state index is 11.8. The molecule has 0 atom stereocenters. The standard InChI is InChI=1S/C18H17Br2N3O2/c19-14-6-4-13(5-7-14)12-21-23-18(25)3-1-2-17(24)22-16-10-8-15(20)9-11-16/h4-12H,1-3H2,(H,22,24)(H,23,25)/b21-12+. The van der Waals surface area contributed by atoms with E-state index in [1.54, 1.807) is 6.21 Å². The van der Waals surface area contributed by atoms with E-state index in [0.717, 1.165) is 20.2 Å². The van der Waals surface area contributed by atoms with E-state index in [9.17, 15) is 9.59 Å². The van der Waals surface area contributed by atoms with E-state index in [1.165, 1.54) is 0 Å². The lowest BCUT2D eigenvalue weighted by atomic mass is 10.2. The molecule has 0 aliphatic rings. The highest BCUT2D eigenvalue weighted by Crippen LogP contribution is 2.14. The SMILES string of the molecule is O=C(CCCC(=O)Nc1ccc(Br)cc1)N/N=C/c1ccc(Br)cc1. The van der Waals surface area contributed by atoms with Crippen LogP contribution in [-0.2, 0) is 9.59 Å². The number of anilines is 1. The molecular weight excluding hydrogens is 450 g/mol. The largest absolute Gasteiger partial charge is 0.326 e. The van der Waals surface area contributed by atoms with E-state index >= 15 is 0 Å². The smallest absolute Gasteiger partial charge is 0.240 e. The number of hydrogen-bond donors (Lipinski definition) is 2.